The van der Waals surface area contributed by atoms with Crippen LogP contribution >= 0.6 is 0 Å². The van der Waals surface area contributed by atoms with Crippen LogP contribution in [0.15, 0.2) is 53.4 Å². The molecule has 1 aliphatic heterocycles. The molecule has 0 bridgehead atoms. The first-order valence-corrected chi connectivity index (χ1v) is 10.0. The van der Waals surface area contributed by atoms with Crippen LogP contribution in [0.3, 0.4) is 0 Å². The van der Waals surface area contributed by atoms with E-state index in [0.717, 1.165) is 12.1 Å². The molecule has 0 aromatic heterocycles. The average molecular weight is 392 g/mol. The van der Waals surface area contributed by atoms with E-state index < -0.39 is 15.8 Å². The summed E-state index contributed by atoms with van der Waals surface area (Å²) in [5, 5.41) is 0. The van der Waals surface area contributed by atoms with Crippen molar-refractivity contribution in [1.82, 2.24) is 9.21 Å². The molecule has 1 amide bonds. The van der Waals surface area contributed by atoms with Gasteiger partial charge in [0.1, 0.15) is 11.6 Å². The van der Waals surface area contributed by atoms with Crippen molar-refractivity contribution in [3.8, 4) is 5.75 Å². The summed E-state index contributed by atoms with van der Waals surface area (Å²) in [6, 6.07) is 11.7. The van der Waals surface area contributed by atoms with Crippen LogP contribution in [0.5, 0.6) is 5.75 Å². The van der Waals surface area contributed by atoms with Crippen molar-refractivity contribution in [3.63, 3.8) is 0 Å². The number of sulfonamides is 1. The van der Waals surface area contributed by atoms with Crippen molar-refractivity contribution in [3.05, 3.63) is 59.9 Å². The highest BCUT2D eigenvalue weighted by atomic mass is 32.2. The molecule has 1 heterocycles. The Kier molecular flexibility index (Phi) is 5.76. The second kappa shape index (κ2) is 8.06. The molecule has 27 heavy (non-hydrogen) atoms. The molecule has 0 spiro atoms. The molecule has 3 rings (SSSR count). The molecule has 8 heteroatoms. The zero-order chi connectivity index (χ0) is 19.4. The molecule has 0 N–H and O–H groups in total. The number of methoxy groups -OCH3 is 1. The highest BCUT2D eigenvalue weighted by molar-refractivity contribution is 7.89. The monoisotopic (exact) mass is 392 g/mol. The summed E-state index contributed by atoms with van der Waals surface area (Å²) >= 11 is 0. The number of hydrogen-bond donors (Lipinski definition) is 0. The molecule has 2 aromatic rings. The zero-order valence-electron chi connectivity index (χ0n) is 15.0. The number of carbonyl (C=O) groups is 1. The van der Waals surface area contributed by atoms with E-state index in [1.54, 1.807) is 29.2 Å². The van der Waals surface area contributed by atoms with Crippen LogP contribution < -0.4 is 4.74 Å². The lowest BCUT2D eigenvalue weighted by molar-refractivity contribution is 0.0764. The van der Waals surface area contributed by atoms with Gasteiger partial charge in [0.15, 0.2) is 0 Å². The third-order valence-corrected chi connectivity index (χ3v) is 6.42. The van der Waals surface area contributed by atoms with Crippen molar-refractivity contribution < 1.29 is 22.3 Å². The standard InChI is InChI=1S/C19H21FN2O4S/c1-26-17-5-2-4-15(14-17)19(23)21-10-3-11-22(13-12-21)27(24,25)18-8-6-16(20)7-9-18/h2,4-9,14H,3,10-13H2,1H3. The van der Waals surface area contributed by atoms with Gasteiger partial charge in [-0.3, -0.25) is 4.79 Å². The van der Waals surface area contributed by atoms with E-state index in [0.29, 0.717) is 30.8 Å². The van der Waals surface area contributed by atoms with E-state index in [2.05, 4.69) is 0 Å². The zero-order valence-corrected chi connectivity index (χ0v) is 15.8. The molecule has 0 aliphatic carbocycles. The molecule has 0 atom stereocenters. The topological polar surface area (TPSA) is 66.9 Å². The molecule has 6 nitrogen and oxygen atoms in total. The van der Waals surface area contributed by atoms with Gasteiger partial charge < -0.3 is 9.64 Å². The number of halogens is 1. The quantitative estimate of drug-likeness (QED) is 0.801. The van der Waals surface area contributed by atoms with Crippen LogP contribution in [0.2, 0.25) is 0 Å². The molecule has 0 unspecified atom stereocenters. The first-order valence-electron chi connectivity index (χ1n) is 8.61. The first-order chi connectivity index (χ1) is 12.9. The first kappa shape index (κ1) is 19.3. The second-order valence-corrected chi connectivity index (χ2v) is 8.17. The van der Waals surface area contributed by atoms with Crippen LogP contribution in [-0.4, -0.2) is 56.8 Å². The van der Waals surface area contributed by atoms with Gasteiger partial charge in [0.2, 0.25) is 10.0 Å². The fourth-order valence-electron chi connectivity index (χ4n) is 3.03. The summed E-state index contributed by atoms with van der Waals surface area (Å²) < 4.78 is 45.1. The molecular weight excluding hydrogens is 371 g/mol. The predicted octanol–water partition coefficient (Wildman–Crippen LogP) is 2.37. The SMILES string of the molecule is COc1cccc(C(=O)N2CCCN(S(=O)(=O)c3ccc(F)cc3)CC2)c1. The molecule has 144 valence electrons. The number of benzene rings is 2. The highest BCUT2D eigenvalue weighted by Gasteiger charge is 2.28. The van der Waals surface area contributed by atoms with Gasteiger partial charge in [0.05, 0.1) is 12.0 Å². The van der Waals surface area contributed by atoms with Gasteiger partial charge in [-0.15, -0.1) is 0 Å². The van der Waals surface area contributed by atoms with Crippen LogP contribution in [0.4, 0.5) is 4.39 Å². The van der Waals surface area contributed by atoms with Crippen molar-refractivity contribution in [2.24, 2.45) is 0 Å². The van der Waals surface area contributed by atoms with Crippen molar-refractivity contribution in [2.75, 3.05) is 33.3 Å². The molecule has 2 aromatic carbocycles. The second-order valence-electron chi connectivity index (χ2n) is 6.24. The fourth-order valence-corrected chi connectivity index (χ4v) is 4.50. The Labute approximate surface area is 158 Å². The number of amides is 1. The summed E-state index contributed by atoms with van der Waals surface area (Å²) in [6.07, 6.45) is 0.524. The Morgan fingerprint density at radius 2 is 1.78 bits per heavy atom. The van der Waals surface area contributed by atoms with E-state index in [9.17, 15) is 17.6 Å². The van der Waals surface area contributed by atoms with Gasteiger partial charge in [0, 0.05) is 31.7 Å². The summed E-state index contributed by atoms with van der Waals surface area (Å²) in [5.41, 5.74) is 0.504. The number of rotatable bonds is 4. The van der Waals surface area contributed by atoms with Crippen LogP contribution in [-0.2, 0) is 10.0 Å². The molecule has 1 aliphatic rings. The van der Waals surface area contributed by atoms with Gasteiger partial charge in [0.25, 0.3) is 5.91 Å². The summed E-state index contributed by atoms with van der Waals surface area (Å²) in [4.78, 5) is 14.4. The Morgan fingerprint density at radius 3 is 2.48 bits per heavy atom. The Balaban J connectivity index is 1.73. The van der Waals surface area contributed by atoms with Gasteiger partial charge in [-0.2, -0.15) is 4.31 Å². The maximum Gasteiger partial charge on any atom is 0.254 e. The van der Waals surface area contributed by atoms with Gasteiger partial charge in [-0.25, -0.2) is 12.8 Å². The minimum atomic E-state index is -3.72. The predicted molar refractivity (Wildman–Crippen MR) is 98.7 cm³/mol. The molecule has 0 saturated carbocycles. The van der Waals surface area contributed by atoms with E-state index in [-0.39, 0.29) is 23.9 Å². The van der Waals surface area contributed by atoms with E-state index in [1.807, 2.05) is 0 Å². The lowest BCUT2D eigenvalue weighted by Crippen LogP contribution is -2.37. The van der Waals surface area contributed by atoms with Crippen LogP contribution in [0.25, 0.3) is 0 Å². The Bertz CT molecular complexity index is 916. The van der Waals surface area contributed by atoms with Crippen molar-refractivity contribution >= 4 is 15.9 Å². The molecule has 0 radical (unpaired) electrons. The third kappa shape index (κ3) is 4.28. The molecular formula is C19H21FN2O4S. The van der Waals surface area contributed by atoms with Crippen molar-refractivity contribution in [2.45, 2.75) is 11.3 Å². The van der Waals surface area contributed by atoms with Gasteiger partial charge >= 0.3 is 0 Å². The lowest BCUT2D eigenvalue weighted by atomic mass is 10.2. The fraction of sp³-hybridized carbons (Fsp3) is 0.316. The number of ether oxygens (including phenoxy) is 1. The number of hydrogen-bond acceptors (Lipinski definition) is 4. The van der Waals surface area contributed by atoms with Gasteiger partial charge in [-0.05, 0) is 48.9 Å². The Morgan fingerprint density at radius 1 is 1.04 bits per heavy atom. The van der Waals surface area contributed by atoms with E-state index in [1.165, 1.54) is 23.5 Å². The normalized spacial score (nSPS) is 16.0. The minimum Gasteiger partial charge on any atom is -0.497 e. The van der Waals surface area contributed by atoms with Crippen LogP contribution in [0, 0.1) is 5.82 Å². The Hall–Kier alpha value is -2.45. The average Bonchev–Trinajstić information content (AvgIpc) is 2.94. The van der Waals surface area contributed by atoms with E-state index in [4.69, 9.17) is 4.74 Å². The minimum absolute atomic E-state index is 0.0523. The summed E-state index contributed by atoms with van der Waals surface area (Å²) in [6.45, 7) is 1.25. The number of carbonyl (C=O) groups excluding carboxylic acids is 1. The van der Waals surface area contributed by atoms with E-state index >= 15 is 0 Å². The summed E-state index contributed by atoms with van der Waals surface area (Å²) in [5.74, 6) is -0.0500. The lowest BCUT2D eigenvalue weighted by Gasteiger charge is -2.22. The largest absolute Gasteiger partial charge is 0.497 e. The smallest absolute Gasteiger partial charge is 0.254 e. The van der Waals surface area contributed by atoms with Crippen molar-refractivity contribution in [1.29, 1.82) is 0 Å². The van der Waals surface area contributed by atoms with Crippen LogP contribution in [0.1, 0.15) is 16.8 Å². The van der Waals surface area contributed by atoms with Gasteiger partial charge in [-0.1, -0.05) is 6.07 Å². The third-order valence-electron chi connectivity index (χ3n) is 4.51. The molecule has 1 saturated heterocycles. The molecule has 1 fully saturated rings. The maximum atomic E-state index is 13.1. The number of nitrogens with zero attached hydrogens (tertiary/aromatic N) is 2. The highest BCUT2D eigenvalue weighted by Crippen LogP contribution is 2.20. The maximum absolute atomic E-state index is 13.1. The summed E-state index contributed by atoms with van der Waals surface area (Å²) in [7, 11) is -2.18.